The number of hydrogen-bond donors (Lipinski definition) is 0. The molecule has 0 aliphatic heterocycles. The van der Waals surface area contributed by atoms with Crippen LogP contribution in [0.5, 0.6) is 5.75 Å². The number of carbonyl (C=O) groups excluding carboxylic acids is 1. The Balaban J connectivity index is 3.06. The van der Waals surface area contributed by atoms with Crippen LogP contribution >= 0.6 is 0 Å². The molecule has 0 aliphatic carbocycles. The summed E-state index contributed by atoms with van der Waals surface area (Å²) in [6.45, 7) is 3.65. The van der Waals surface area contributed by atoms with Crippen molar-refractivity contribution in [1.82, 2.24) is 0 Å². The second-order valence-electron chi connectivity index (χ2n) is 3.21. The summed E-state index contributed by atoms with van der Waals surface area (Å²) in [5, 5.41) is 10.3. The van der Waals surface area contributed by atoms with E-state index in [0.29, 0.717) is 6.42 Å². The van der Waals surface area contributed by atoms with Gasteiger partial charge in [0.25, 0.3) is 0 Å². The standard InChI is InChI=1S/C13H14O3/c1-3-4-11-9-12(16-2)7-5-10(11)6-8-13(14)15/h3,5-9H,1,4H2,2H3,(H,14,15)/p-1/b8-6+. The minimum atomic E-state index is -1.21. The average molecular weight is 217 g/mol. The molecular weight excluding hydrogens is 204 g/mol. The summed E-state index contributed by atoms with van der Waals surface area (Å²) >= 11 is 0. The molecule has 0 atom stereocenters. The van der Waals surface area contributed by atoms with Crippen molar-refractivity contribution >= 4 is 12.0 Å². The Hall–Kier alpha value is -2.03. The van der Waals surface area contributed by atoms with Crippen LogP contribution in [0.1, 0.15) is 11.1 Å². The van der Waals surface area contributed by atoms with Crippen molar-refractivity contribution in [1.29, 1.82) is 0 Å². The second kappa shape index (κ2) is 5.75. The summed E-state index contributed by atoms with van der Waals surface area (Å²) in [4.78, 5) is 10.3. The zero-order chi connectivity index (χ0) is 12.0. The van der Waals surface area contributed by atoms with Gasteiger partial charge >= 0.3 is 0 Å². The molecule has 0 bridgehead atoms. The molecule has 16 heavy (non-hydrogen) atoms. The number of benzene rings is 1. The number of ether oxygens (including phenoxy) is 1. The van der Waals surface area contributed by atoms with Crippen molar-refractivity contribution in [3.05, 3.63) is 48.1 Å². The lowest BCUT2D eigenvalue weighted by molar-refractivity contribution is -0.297. The lowest BCUT2D eigenvalue weighted by Crippen LogP contribution is -2.18. The van der Waals surface area contributed by atoms with Crippen molar-refractivity contribution in [2.75, 3.05) is 7.11 Å². The van der Waals surface area contributed by atoms with Gasteiger partial charge in [0.05, 0.1) is 13.1 Å². The first-order valence-corrected chi connectivity index (χ1v) is 4.84. The molecule has 0 saturated carbocycles. The molecule has 0 saturated heterocycles. The topological polar surface area (TPSA) is 49.4 Å². The van der Waals surface area contributed by atoms with Crippen LogP contribution in [0, 0.1) is 0 Å². The van der Waals surface area contributed by atoms with Crippen LogP contribution in [0.4, 0.5) is 0 Å². The Labute approximate surface area is 94.7 Å². The van der Waals surface area contributed by atoms with E-state index in [1.165, 1.54) is 6.08 Å². The number of methoxy groups -OCH3 is 1. The molecule has 84 valence electrons. The van der Waals surface area contributed by atoms with E-state index in [9.17, 15) is 9.90 Å². The van der Waals surface area contributed by atoms with Gasteiger partial charge < -0.3 is 14.6 Å². The Bertz CT molecular complexity index is 419. The normalized spacial score (nSPS) is 10.3. The van der Waals surface area contributed by atoms with Gasteiger partial charge in [-0.15, -0.1) is 6.58 Å². The number of carboxylic acid groups (broad SMARTS) is 1. The second-order valence-corrected chi connectivity index (χ2v) is 3.21. The average Bonchev–Trinajstić information content (AvgIpc) is 2.27. The first-order valence-electron chi connectivity index (χ1n) is 4.84. The van der Waals surface area contributed by atoms with E-state index in [1.54, 1.807) is 25.3 Å². The summed E-state index contributed by atoms with van der Waals surface area (Å²) in [6, 6.07) is 5.44. The molecule has 0 aliphatic rings. The van der Waals surface area contributed by atoms with E-state index in [-0.39, 0.29) is 0 Å². The first kappa shape index (κ1) is 12.0. The lowest BCUT2D eigenvalue weighted by Gasteiger charge is -2.07. The summed E-state index contributed by atoms with van der Waals surface area (Å²) in [5.41, 5.74) is 1.79. The fourth-order valence-electron chi connectivity index (χ4n) is 1.36. The van der Waals surface area contributed by atoms with Crippen LogP contribution in [0.15, 0.2) is 36.9 Å². The van der Waals surface area contributed by atoms with Crippen molar-refractivity contribution < 1.29 is 14.6 Å². The van der Waals surface area contributed by atoms with Crippen molar-refractivity contribution in [3.8, 4) is 5.75 Å². The predicted octanol–water partition coefficient (Wildman–Crippen LogP) is 1.19. The van der Waals surface area contributed by atoms with Crippen LogP contribution in [-0.4, -0.2) is 13.1 Å². The first-order chi connectivity index (χ1) is 7.67. The number of rotatable bonds is 5. The number of carbonyl (C=O) groups is 1. The van der Waals surface area contributed by atoms with E-state index in [1.807, 2.05) is 6.07 Å². The highest BCUT2D eigenvalue weighted by molar-refractivity contribution is 5.84. The molecule has 0 unspecified atom stereocenters. The maximum Gasteiger partial charge on any atom is 0.119 e. The zero-order valence-electron chi connectivity index (χ0n) is 9.10. The summed E-state index contributed by atoms with van der Waals surface area (Å²) in [5.74, 6) is -0.470. The third-order valence-corrected chi connectivity index (χ3v) is 2.11. The van der Waals surface area contributed by atoms with Gasteiger partial charge in [0.15, 0.2) is 0 Å². The lowest BCUT2D eigenvalue weighted by atomic mass is 10.0. The molecular formula is C13H13O3-. The minimum Gasteiger partial charge on any atom is -0.545 e. The molecule has 0 heterocycles. The monoisotopic (exact) mass is 217 g/mol. The van der Waals surface area contributed by atoms with Crippen molar-refractivity contribution in [2.45, 2.75) is 6.42 Å². The Kier molecular flexibility index (Phi) is 4.33. The smallest absolute Gasteiger partial charge is 0.119 e. The fraction of sp³-hybridized carbons (Fsp3) is 0.154. The van der Waals surface area contributed by atoms with E-state index in [4.69, 9.17) is 4.74 Å². The summed E-state index contributed by atoms with van der Waals surface area (Å²) in [7, 11) is 1.59. The molecule has 1 aromatic carbocycles. The minimum absolute atomic E-state index is 0.657. The van der Waals surface area contributed by atoms with Crippen LogP contribution < -0.4 is 9.84 Å². The molecule has 0 aromatic heterocycles. The summed E-state index contributed by atoms with van der Waals surface area (Å²) in [6.07, 6.45) is 4.93. The third-order valence-electron chi connectivity index (χ3n) is 2.11. The molecule has 1 aromatic rings. The third kappa shape index (κ3) is 3.28. The van der Waals surface area contributed by atoms with Crippen LogP contribution in [0.2, 0.25) is 0 Å². The molecule has 0 radical (unpaired) electrons. The number of allylic oxidation sites excluding steroid dienone is 1. The highest BCUT2D eigenvalue weighted by atomic mass is 16.5. The molecule has 3 heteroatoms. The predicted molar refractivity (Wildman–Crippen MR) is 60.9 cm³/mol. The largest absolute Gasteiger partial charge is 0.545 e. The maximum absolute atomic E-state index is 10.3. The Morgan fingerprint density at radius 1 is 1.56 bits per heavy atom. The van der Waals surface area contributed by atoms with E-state index < -0.39 is 5.97 Å². The Morgan fingerprint density at radius 3 is 2.88 bits per heavy atom. The molecule has 0 spiro atoms. The highest BCUT2D eigenvalue weighted by Gasteiger charge is 2.00. The maximum atomic E-state index is 10.3. The Morgan fingerprint density at radius 2 is 2.31 bits per heavy atom. The van der Waals surface area contributed by atoms with Gasteiger partial charge in [-0.05, 0) is 35.8 Å². The number of carboxylic acids is 1. The van der Waals surface area contributed by atoms with E-state index in [2.05, 4.69) is 6.58 Å². The van der Waals surface area contributed by atoms with Gasteiger partial charge in [-0.25, -0.2) is 0 Å². The van der Waals surface area contributed by atoms with E-state index >= 15 is 0 Å². The molecule has 0 N–H and O–H groups in total. The molecule has 0 fully saturated rings. The quantitative estimate of drug-likeness (QED) is 0.549. The van der Waals surface area contributed by atoms with Gasteiger partial charge in [0, 0.05) is 0 Å². The van der Waals surface area contributed by atoms with Crippen molar-refractivity contribution in [2.24, 2.45) is 0 Å². The van der Waals surface area contributed by atoms with Crippen molar-refractivity contribution in [3.63, 3.8) is 0 Å². The number of hydrogen-bond acceptors (Lipinski definition) is 3. The molecule has 1 rings (SSSR count). The SMILES string of the molecule is C=CCc1cc(OC)ccc1/C=C/C(=O)[O-]. The zero-order valence-corrected chi connectivity index (χ0v) is 9.10. The van der Waals surface area contributed by atoms with Gasteiger partial charge in [-0.1, -0.05) is 18.2 Å². The highest BCUT2D eigenvalue weighted by Crippen LogP contribution is 2.19. The van der Waals surface area contributed by atoms with Gasteiger partial charge in [0.2, 0.25) is 0 Å². The summed E-state index contributed by atoms with van der Waals surface area (Å²) < 4.78 is 5.09. The van der Waals surface area contributed by atoms with Crippen LogP contribution in [0.25, 0.3) is 6.08 Å². The van der Waals surface area contributed by atoms with Crippen LogP contribution in [0.3, 0.4) is 0 Å². The fourth-order valence-corrected chi connectivity index (χ4v) is 1.36. The van der Waals surface area contributed by atoms with Gasteiger partial charge in [0.1, 0.15) is 5.75 Å². The van der Waals surface area contributed by atoms with Crippen LogP contribution in [-0.2, 0) is 11.2 Å². The van der Waals surface area contributed by atoms with Gasteiger partial charge in [-0.2, -0.15) is 0 Å². The molecule has 0 amide bonds. The van der Waals surface area contributed by atoms with E-state index in [0.717, 1.165) is 23.0 Å². The number of aliphatic carboxylic acids is 1. The molecule has 3 nitrogen and oxygen atoms in total. The van der Waals surface area contributed by atoms with Gasteiger partial charge in [-0.3, -0.25) is 0 Å².